The Labute approximate surface area is 220 Å². The van der Waals surface area contributed by atoms with Gasteiger partial charge in [0.15, 0.2) is 0 Å². The van der Waals surface area contributed by atoms with E-state index in [4.69, 9.17) is 19.2 Å². The van der Waals surface area contributed by atoms with Crippen molar-refractivity contribution in [2.45, 2.75) is 20.8 Å². The number of hydrogen-bond donors (Lipinski definition) is 0. The van der Waals surface area contributed by atoms with Crippen molar-refractivity contribution >= 4 is 7.82 Å². The van der Waals surface area contributed by atoms with Crippen molar-refractivity contribution in [1.82, 2.24) is 4.90 Å². The third kappa shape index (κ3) is 45.4. The molecule has 76 valence electrons. The number of hydrogen-bond acceptors (Lipinski definition) is 5. The van der Waals surface area contributed by atoms with Crippen molar-refractivity contribution in [3.8, 4) is 0 Å². The van der Waals surface area contributed by atoms with E-state index in [-0.39, 0.29) is 154 Å². The van der Waals surface area contributed by atoms with E-state index in [9.17, 15) is 0 Å². The monoisotopic (exact) mass is 313 g/mol. The smallest absolute Gasteiger partial charge is 0.822 e. The van der Waals surface area contributed by atoms with Crippen molar-refractivity contribution < 1.29 is 173 Å². The molecular formula is C6H15K3NO4P. The molecule has 0 aromatic rings. The maximum Gasteiger partial charge on any atom is 1.00 e. The van der Waals surface area contributed by atoms with Gasteiger partial charge in [-0.3, -0.25) is 0 Å². The van der Waals surface area contributed by atoms with E-state index in [2.05, 4.69) is 25.7 Å². The molecule has 0 saturated carbocycles. The maximum absolute atomic E-state index is 8.55. The Balaban J connectivity index is -0.0000000383. The van der Waals surface area contributed by atoms with Gasteiger partial charge in [0.2, 0.25) is 0 Å². The summed E-state index contributed by atoms with van der Waals surface area (Å²) in [5.41, 5.74) is 0. The summed E-state index contributed by atoms with van der Waals surface area (Å²) >= 11 is 0. The Kier molecular flexibility index (Phi) is 45.5. The first kappa shape index (κ1) is 32.1. The van der Waals surface area contributed by atoms with E-state index in [1.54, 1.807) is 0 Å². The Bertz CT molecular complexity index is 129. The third-order valence-electron chi connectivity index (χ3n) is 1.34. The Hall–Kier alpha value is 4.98. The molecule has 0 rings (SSSR count). The minimum absolute atomic E-state index is 0. The summed E-state index contributed by atoms with van der Waals surface area (Å²) in [6.07, 6.45) is 0. The molecule has 0 aliphatic carbocycles. The van der Waals surface area contributed by atoms with Gasteiger partial charge in [-0.05, 0) is 19.6 Å². The normalized spacial score (nSPS) is 8.73. The van der Waals surface area contributed by atoms with Crippen molar-refractivity contribution in [3.63, 3.8) is 0 Å². The fourth-order valence-electron chi connectivity index (χ4n) is 0.671. The van der Waals surface area contributed by atoms with Crippen molar-refractivity contribution in [2.75, 3.05) is 19.6 Å². The van der Waals surface area contributed by atoms with Gasteiger partial charge >= 0.3 is 154 Å². The van der Waals surface area contributed by atoms with Crippen LogP contribution in [0.15, 0.2) is 0 Å². The van der Waals surface area contributed by atoms with Gasteiger partial charge in [-0.2, -0.15) is 7.82 Å². The summed E-state index contributed by atoms with van der Waals surface area (Å²) in [5.74, 6) is 0. The molecule has 0 aromatic carbocycles. The van der Waals surface area contributed by atoms with E-state index in [1.807, 2.05) is 0 Å². The van der Waals surface area contributed by atoms with Crippen LogP contribution in [0.5, 0.6) is 0 Å². The molecule has 0 saturated heterocycles. The molecule has 0 unspecified atom stereocenters. The number of rotatable bonds is 3. The van der Waals surface area contributed by atoms with Crippen LogP contribution in [-0.2, 0) is 4.57 Å². The minimum Gasteiger partial charge on any atom is -0.822 e. The molecule has 0 spiro atoms. The van der Waals surface area contributed by atoms with Crippen LogP contribution in [0, 0.1) is 0 Å². The van der Waals surface area contributed by atoms with Crippen LogP contribution in [0.25, 0.3) is 0 Å². The summed E-state index contributed by atoms with van der Waals surface area (Å²) in [5, 5.41) is 0. The minimum atomic E-state index is -5.39. The summed E-state index contributed by atoms with van der Waals surface area (Å²) in [6, 6.07) is 0. The molecular weight excluding hydrogens is 298 g/mol. The second kappa shape index (κ2) is 21.3. The van der Waals surface area contributed by atoms with Gasteiger partial charge in [-0.15, -0.1) is 0 Å². The average Bonchev–Trinajstić information content (AvgIpc) is 1.88. The molecule has 0 N–H and O–H groups in total. The zero-order valence-electron chi connectivity index (χ0n) is 10.6. The molecule has 0 fully saturated rings. The van der Waals surface area contributed by atoms with Gasteiger partial charge in [0.05, 0.1) is 0 Å². The zero-order valence-corrected chi connectivity index (χ0v) is 20.9. The molecule has 0 radical (unpaired) electrons. The SMILES string of the molecule is CCN(CC)CC.O=P([O-])([O-])[O-].[K+].[K+].[K+]. The molecule has 9 heteroatoms. The Morgan fingerprint density at radius 3 is 1.00 bits per heavy atom. The molecule has 0 aromatic heterocycles. The van der Waals surface area contributed by atoms with Crippen LogP contribution in [0.2, 0.25) is 0 Å². The van der Waals surface area contributed by atoms with Crippen molar-refractivity contribution in [2.24, 2.45) is 0 Å². The topological polar surface area (TPSA) is 89.5 Å². The first-order chi connectivity index (χ1) is 5.35. The zero-order chi connectivity index (χ0) is 10.2. The van der Waals surface area contributed by atoms with Crippen LogP contribution < -0.4 is 169 Å². The van der Waals surface area contributed by atoms with Crippen molar-refractivity contribution in [1.29, 1.82) is 0 Å². The molecule has 15 heavy (non-hydrogen) atoms. The van der Waals surface area contributed by atoms with Gasteiger partial charge in [0, 0.05) is 0 Å². The van der Waals surface area contributed by atoms with Crippen LogP contribution in [0.4, 0.5) is 0 Å². The van der Waals surface area contributed by atoms with Crippen molar-refractivity contribution in [3.05, 3.63) is 0 Å². The van der Waals surface area contributed by atoms with E-state index < -0.39 is 7.82 Å². The summed E-state index contributed by atoms with van der Waals surface area (Å²) in [6.45, 7) is 10.1. The summed E-state index contributed by atoms with van der Waals surface area (Å²) in [7, 11) is -5.39. The fraction of sp³-hybridized carbons (Fsp3) is 1.00. The van der Waals surface area contributed by atoms with Crippen LogP contribution >= 0.6 is 7.82 Å². The van der Waals surface area contributed by atoms with E-state index >= 15 is 0 Å². The molecule has 0 heterocycles. The molecule has 0 amide bonds. The van der Waals surface area contributed by atoms with E-state index in [0.717, 1.165) is 0 Å². The fourth-order valence-corrected chi connectivity index (χ4v) is 0.671. The van der Waals surface area contributed by atoms with E-state index in [1.165, 1.54) is 19.6 Å². The largest absolute Gasteiger partial charge is 1.00 e. The number of phosphoric acid groups is 1. The van der Waals surface area contributed by atoms with Crippen LogP contribution in [-0.4, -0.2) is 24.5 Å². The average molecular weight is 313 g/mol. The second-order valence-electron chi connectivity index (χ2n) is 2.07. The molecule has 5 nitrogen and oxygen atoms in total. The third-order valence-corrected chi connectivity index (χ3v) is 1.34. The first-order valence-corrected chi connectivity index (χ1v) is 5.26. The Morgan fingerprint density at radius 2 is 1.00 bits per heavy atom. The van der Waals surface area contributed by atoms with E-state index in [0.29, 0.717) is 0 Å². The molecule has 0 aliphatic rings. The quantitative estimate of drug-likeness (QED) is 0.381. The molecule has 0 atom stereocenters. The van der Waals surface area contributed by atoms with Gasteiger partial charge in [0.25, 0.3) is 0 Å². The predicted octanol–water partition coefficient (Wildman–Crippen LogP) is -10.5. The van der Waals surface area contributed by atoms with Gasteiger partial charge in [-0.25, -0.2) is 0 Å². The van der Waals surface area contributed by atoms with Crippen LogP contribution in [0.1, 0.15) is 20.8 Å². The predicted molar refractivity (Wildman–Crippen MR) is 41.1 cm³/mol. The van der Waals surface area contributed by atoms with Gasteiger partial charge in [-0.1, -0.05) is 20.8 Å². The summed E-state index contributed by atoms with van der Waals surface area (Å²) < 4.78 is 8.55. The van der Waals surface area contributed by atoms with Crippen LogP contribution in [0.3, 0.4) is 0 Å². The maximum atomic E-state index is 8.55. The number of nitrogens with zero attached hydrogens (tertiary/aromatic N) is 1. The van der Waals surface area contributed by atoms with Gasteiger partial charge < -0.3 is 24.1 Å². The first-order valence-electron chi connectivity index (χ1n) is 3.80. The van der Waals surface area contributed by atoms with Gasteiger partial charge in [0.1, 0.15) is 0 Å². The summed E-state index contributed by atoms with van der Waals surface area (Å²) in [4.78, 5) is 28.0. The Morgan fingerprint density at radius 1 is 0.867 bits per heavy atom. The standard InChI is InChI=1S/C6H15N.3K.H3O4P/c1-4-7(5-2)6-3;;;;1-5(2,3)4/h4-6H2,1-3H3;;;;(H3,1,2,3,4)/q;3*+1;/p-3. The second-order valence-corrected chi connectivity index (χ2v) is 2.96. The molecule has 0 aliphatic heterocycles. The molecule has 0 bridgehead atoms.